The Labute approximate surface area is 119 Å². The Balaban J connectivity index is 2.12. The van der Waals surface area contributed by atoms with E-state index in [1.165, 1.54) is 16.7 Å². The van der Waals surface area contributed by atoms with Gasteiger partial charge in [-0.05, 0) is 19.8 Å². The average molecular weight is 302 g/mol. The topological polar surface area (TPSA) is 90.5 Å². The molecule has 1 saturated heterocycles. The molecule has 0 aliphatic carbocycles. The van der Waals surface area contributed by atoms with E-state index >= 15 is 0 Å². The van der Waals surface area contributed by atoms with Gasteiger partial charge in [0.15, 0.2) is 0 Å². The van der Waals surface area contributed by atoms with Gasteiger partial charge >= 0.3 is 0 Å². The summed E-state index contributed by atoms with van der Waals surface area (Å²) < 4.78 is 33.7. The summed E-state index contributed by atoms with van der Waals surface area (Å²) in [6, 6.07) is 0. The van der Waals surface area contributed by atoms with Gasteiger partial charge in [-0.2, -0.15) is 9.40 Å². The Bertz CT molecular complexity index is 527. The molecule has 0 spiro atoms. The lowest BCUT2D eigenvalue weighted by atomic mass is 10.1. The fourth-order valence-corrected chi connectivity index (χ4v) is 3.84. The summed E-state index contributed by atoms with van der Waals surface area (Å²) in [5, 5.41) is 4.02. The number of hydrogen-bond acceptors (Lipinski definition) is 5. The van der Waals surface area contributed by atoms with Crippen molar-refractivity contribution in [3.05, 3.63) is 12.4 Å². The monoisotopic (exact) mass is 302 g/mol. The minimum Gasteiger partial charge on any atom is -0.377 e. The molecule has 1 fully saturated rings. The molecule has 2 N–H and O–H groups in total. The van der Waals surface area contributed by atoms with Crippen molar-refractivity contribution < 1.29 is 13.2 Å². The molecule has 2 rings (SSSR count). The number of aromatic nitrogens is 2. The van der Waals surface area contributed by atoms with Gasteiger partial charge in [0.1, 0.15) is 4.90 Å². The SMILES string of the molecule is CCOC1CCCN(S(=O)(=O)c2cnn(CCN)c2)C1. The van der Waals surface area contributed by atoms with E-state index in [1.807, 2.05) is 6.92 Å². The van der Waals surface area contributed by atoms with E-state index in [9.17, 15) is 8.42 Å². The van der Waals surface area contributed by atoms with E-state index in [1.54, 1.807) is 4.68 Å². The number of sulfonamides is 1. The molecule has 0 saturated carbocycles. The first-order chi connectivity index (χ1) is 9.57. The molecule has 1 aromatic heterocycles. The van der Waals surface area contributed by atoms with Gasteiger partial charge in [0.25, 0.3) is 0 Å². The fourth-order valence-electron chi connectivity index (χ4n) is 2.38. The van der Waals surface area contributed by atoms with Crippen molar-refractivity contribution in [1.82, 2.24) is 14.1 Å². The lowest BCUT2D eigenvalue weighted by Crippen LogP contribution is -2.43. The maximum absolute atomic E-state index is 12.5. The number of nitrogens with two attached hydrogens (primary N) is 1. The van der Waals surface area contributed by atoms with Crippen LogP contribution in [0.15, 0.2) is 17.3 Å². The van der Waals surface area contributed by atoms with Gasteiger partial charge in [-0.1, -0.05) is 0 Å². The first-order valence-electron chi connectivity index (χ1n) is 6.92. The van der Waals surface area contributed by atoms with E-state index in [0.717, 1.165) is 12.8 Å². The molecule has 8 heteroatoms. The molecule has 20 heavy (non-hydrogen) atoms. The van der Waals surface area contributed by atoms with Crippen molar-refractivity contribution in [3.8, 4) is 0 Å². The molecule has 1 aromatic rings. The molecular weight excluding hydrogens is 280 g/mol. The van der Waals surface area contributed by atoms with Crippen LogP contribution in [0.5, 0.6) is 0 Å². The standard InChI is InChI=1S/C12H22N4O3S/c1-2-19-11-4-3-6-16(9-11)20(17,18)12-8-14-15(10-12)7-5-13/h8,10-11H,2-7,9,13H2,1H3. The van der Waals surface area contributed by atoms with Crippen molar-refractivity contribution in [3.63, 3.8) is 0 Å². The zero-order valence-corrected chi connectivity index (χ0v) is 12.6. The zero-order chi connectivity index (χ0) is 14.6. The van der Waals surface area contributed by atoms with Gasteiger partial charge < -0.3 is 10.5 Å². The summed E-state index contributed by atoms with van der Waals surface area (Å²) in [7, 11) is -3.48. The average Bonchev–Trinajstić information content (AvgIpc) is 2.89. The van der Waals surface area contributed by atoms with Crippen LogP contribution in [0.1, 0.15) is 19.8 Å². The number of rotatable bonds is 6. The van der Waals surface area contributed by atoms with Crippen molar-refractivity contribution >= 4 is 10.0 Å². The second-order valence-electron chi connectivity index (χ2n) is 4.81. The predicted molar refractivity (Wildman–Crippen MR) is 74.7 cm³/mol. The maximum atomic E-state index is 12.5. The van der Waals surface area contributed by atoms with Crippen LogP contribution in [0.2, 0.25) is 0 Å². The van der Waals surface area contributed by atoms with Gasteiger partial charge in [0.2, 0.25) is 10.0 Å². The Kier molecular flexibility index (Phi) is 5.14. The van der Waals surface area contributed by atoms with Crippen LogP contribution in [0, 0.1) is 0 Å². The van der Waals surface area contributed by atoms with Crippen molar-refractivity contribution in [2.45, 2.75) is 37.3 Å². The third-order valence-electron chi connectivity index (χ3n) is 3.35. The summed E-state index contributed by atoms with van der Waals surface area (Å²) in [5.74, 6) is 0. The van der Waals surface area contributed by atoms with Crippen molar-refractivity contribution in [1.29, 1.82) is 0 Å². The Morgan fingerprint density at radius 1 is 1.55 bits per heavy atom. The van der Waals surface area contributed by atoms with Gasteiger partial charge in [-0.25, -0.2) is 8.42 Å². The number of hydrogen-bond donors (Lipinski definition) is 1. The van der Waals surface area contributed by atoms with E-state index in [0.29, 0.717) is 32.8 Å². The fraction of sp³-hybridized carbons (Fsp3) is 0.750. The summed E-state index contributed by atoms with van der Waals surface area (Å²) in [5.41, 5.74) is 5.44. The largest absolute Gasteiger partial charge is 0.377 e. The van der Waals surface area contributed by atoms with E-state index < -0.39 is 10.0 Å². The van der Waals surface area contributed by atoms with Crippen molar-refractivity contribution in [2.75, 3.05) is 26.2 Å². The summed E-state index contributed by atoms with van der Waals surface area (Å²) in [4.78, 5) is 0.225. The predicted octanol–water partition coefficient (Wildman–Crippen LogP) is 0.0314. The van der Waals surface area contributed by atoms with Crippen LogP contribution in [0.3, 0.4) is 0 Å². The van der Waals surface area contributed by atoms with Crippen LogP contribution < -0.4 is 5.73 Å². The highest BCUT2D eigenvalue weighted by Gasteiger charge is 2.31. The van der Waals surface area contributed by atoms with Crippen LogP contribution in [0.25, 0.3) is 0 Å². The van der Waals surface area contributed by atoms with Crippen LogP contribution >= 0.6 is 0 Å². The molecule has 7 nitrogen and oxygen atoms in total. The molecule has 0 radical (unpaired) electrons. The Hall–Kier alpha value is -0.960. The highest BCUT2D eigenvalue weighted by molar-refractivity contribution is 7.89. The number of nitrogens with zero attached hydrogens (tertiary/aromatic N) is 3. The van der Waals surface area contributed by atoms with E-state index in [-0.39, 0.29) is 11.0 Å². The molecule has 0 aromatic carbocycles. The Morgan fingerprint density at radius 2 is 2.35 bits per heavy atom. The molecule has 0 amide bonds. The van der Waals surface area contributed by atoms with Gasteiger partial charge in [-0.15, -0.1) is 0 Å². The number of piperidine rings is 1. The summed E-state index contributed by atoms with van der Waals surface area (Å²) >= 11 is 0. The molecule has 1 atom stereocenters. The third-order valence-corrected chi connectivity index (χ3v) is 5.17. The maximum Gasteiger partial charge on any atom is 0.246 e. The zero-order valence-electron chi connectivity index (χ0n) is 11.7. The quantitative estimate of drug-likeness (QED) is 0.800. The van der Waals surface area contributed by atoms with Crippen LogP contribution in [0.4, 0.5) is 0 Å². The summed E-state index contributed by atoms with van der Waals surface area (Å²) in [6.07, 6.45) is 4.64. The minimum atomic E-state index is -3.48. The second-order valence-corrected chi connectivity index (χ2v) is 6.75. The summed E-state index contributed by atoms with van der Waals surface area (Å²) in [6.45, 7) is 4.41. The van der Waals surface area contributed by atoms with Crippen molar-refractivity contribution in [2.24, 2.45) is 5.73 Å². The van der Waals surface area contributed by atoms with Gasteiger partial charge in [-0.3, -0.25) is 4.68 Å². The molecule has 0 bridgehead atoms. The number of ether oxygens (including phenoxy) is 1. The van der Waals surface area contributed by atoms with Gasteiger partial charge in [0.05, 0.1) is 18.8 Å². The molecule has 114 valence electrons. The first kappa shape index (κ1) is 15.4. The normalized spacial score (nSPS) is 21.2. The second kappa shape index (κ2) is 6.66. The molecular formula is C12H22N4O3S. The van der Waals surface area contributed by atoms with Crippen LogP contribution in [-0.4, -0.2) is 54.8 Å². The third kappa shape index (κ3) is 3.38. The first-order valence-corrected chi connectivity index (χ1v) is 8.36. The van der Waals surface area contributed by atoms with Gasteiger partial charge in [0, 0.05) is 32.4 Å². The Morgan fingerprint density at radius 3 is 3.05 bits per heavy atom. The lowest BCUT2D eigenvalue weighted by molar-refractivity contribution is 0.0265. The molecule has 2 heterocycles. The lowest BCUT2D eigenvalue weighted by Gasteiger charge is -2.31. The van der Waals surface area contributed by atoms with E-state index in [4.69, 9.17) is 10.5 Å². The minimum absolute atomic E-state index is 0.0115. The van der Waals surface area contributed by atoms with E-state index in [2.05, 4.69) is 5.10 Å². The molecule has 1 aliphatic heterocycles. The molecule has 1 aliphatic rings. The highest BCUT2D eigenvalue weighted by atomic mass is 32.2. The van der Waals surface area contributed by atoms with Crippen LogP contribution in [-0.2, 0) is 21.3 Å². The highest BCUT2D eigenvalue weighted by Crippen LogP contribution is 2.21. The smallest absolute Gasteiger partial charge is 0.246 e. The molecule has 1 unspecified atom stereocenters.